The zero-order valence-corrected chi connectivity index (χ0v) is 12.3. The highest BCUT2D eigenvalue weighted by Crippen LogP contribution is 2.23. The van der Waals surface area contributed by atoms with Gasteiger partial charge in [0.15, 0.2) is 0 Å². The van der Waals surface area contributed by atoms with E-state index >= 15 is 0 Å². The van der Waals surface area contributed by atoms with E-state index in [4.69, 9.17) is 10.5 Å². The van der Waals surface area contributed by atoms with Crippen molar-refractivity contribution >= 4 is 17.5 Å². The van der Waals surface area contributed by atoms with E-state index in [1.165, 1.54) is 6.20 Å². The molecule has 0 spiro atoms. The summed E-state index contributed by atoms with van der Waals surface area (Å²) in [6, 6.07) is 1.84. The van der Waals surface area contributed by atoms with Crippen molar-refractivity contribution in [2.45, 2.75) is 40.7 Å². The van der Waals surface area contributed by atoms with Crippen LogP contribution in [0.5, 0.6) is 0 Å². The first-order chi connectivity index (χ1) is 8.75. The van der Waals surface area contributed by atoms with Crippen LogP contribution in [0.1, 0.15) is 45.0 Å². The fourth-order valence-corrected chi connectivity index (χ4v) is 1.37. The highest BCUT2D eigenvalue weighted by molar-refractivity contribution is 5.95. The third-order valence-corrected chi connectivity index (χ3v) is 3.09. The molecule has 0 aliphatic carbocycles. The molecule has 1 aromatic heterocycles. The lowest BCUT2D eigenvalue weighted by Crippen LogP contribution is -2.31. The molecule has 0 radical (unpaired) electrons. The van der Waals surface area contributed by atoms with Gasteiger partial charge in [-0.3, -0.25) is 0 Å². The van der Waals surface area contributed by atoms with Crippen molar-refractivity contribution < 1.29 is 9.53 Å². The van der Waals surface area contributed by atoms with Crippen LogP contribution in [0.4, 0.5) is 11.5 Å². The summed E-state index contributed by atoms with van der Waals surface area (Å²) in [4.78, 5) is 15.9. The number of carbonyl (C=O) groups is 1. The minimum absolute atomic E-state index is 0.0904. The van der Waals surface area contributed by atoms with Crippen molar-refractivity contribution in [2.75, 3.05) is 17.7 Å². The van der Waals surface area contributed by atoms with Crippen LogP contribution in [-0.2, 0) is 4.74 Å². The summed E-state index contributed by atoms with van der Waals surface area (Å²) in [5.74, 6) is 0.202. The molecule has 0 amide bonds. The van der Waals surface area contributed by atoms with Crippen LogP contribution < -0.4 is 11.1 Å². The Bertz CT molecular complexity index is 452. The molecule has 19 heavy (non-hydrogen) atoms. The molecular formula is C14H23N3O2. The van der Waals surface area contributed by atoms with Gasteiger partial charge in [0.05, 0.1) is 24.1 Å². The number of esters is 1. The molecular weight excluding hydrogens is 242 g/mol. The first-order valence-electron chi connectivity index (χ1n) is 6.45. The average Bonchev–Trinajstić information content (AvgIpc) is 2.30. The first-order valence-corrected chi connectivity index (χ1v) is 6.45. The quantitative estimate of drug-likeness (QED) is 0.818. The second kappa shape index (κ2) is 5.91. The van der Waals surface area contributed by atoms with Crippen LogP contribution in [-0.4, -0.2) is 23.6 Å². The van der Waals surface area contributed by atoms with E-state index in [2.05, 4.69) is 38.0 Å². The van der Waals surface area contributed by atoms with Crippen molar-refractivity contribution in [1.29, 1.82) is 0 Å². The molecule has 0 aliphatic heterocycles. The standard InChI is InChI=1S/C14H23N3O2/c1-6-19-13(18)10-7-12(16-8-11(10)15)17-9(2)14(3,4)5/h7-9H,6,15H2,1-5H3,(H,16,17). The molecule has 0 bridgehead atoms. The third-order valence-electron chi connectivity index (χ3n) is 3.09. The van der Waals surface area contributed by atoms with Gasteiger partial charge in [-0.25, -0.2) is 9.78 Å². The maximum Gasteiger partial charge on any atom is 0.340 e. The Labute approximate surface area is 114 Å². The number of nitrogens with one attached hydrogen (secondary N) is 1. The summed E-state index contributed by atoms with van der Waals surface area (Å²) in [7, 11) is 0. The van der Waals surface area contributed by atoms with Crippen LogP contribution in [0.3, 0.4) is 0 Å². The van der Waals surface area contributed by atoms with Crippen molar-refractivity contribution in [2.24, 2.45) is 5.41 Å². The van der Waals surface area contributed by atoms with Gasteiger partial charge < -0.3 is 15.8 Å². The molecule has 0 saturated carbocycles. The molecule has 0 fully saturated rings. The van der Waals surface area contributed by atoms with Crippen LogP contribution in [0.2, 0.25) is 0 Å². The summed E-state index contributed by atoms with van der Waals surface area (Å²) >= 11 is 0. The number of carbonyl (C=O) groups excluding carboxylic acids is 1. The predicted molar refractivity (Wildman–Crippen MR) is 77.1 cm³/mol. The van der Waals surface area contributed by atoms with E-state index in [1.807, 2.05) is 0 Å². The van der Waals surface area contributed by atoms with Gasteiger partial charge in [-0.05, 0) is 25.3 Å². The Balaban J connectivity index is 2.93. The maximum absolute atomic E-state index is 11.7. The second-order valence-electron chi connectivity index (χ2n) is 5.61. The summed E-state index contributed by atoms with van der Waals surface area (Å²) in [5.41, 5.74) is 6.51. The van der Waals surface area contributed by atoms with Crippen molar-refractivity contribution in [1.82, 2.24) is 4.98 Å². The molecule has 3 N–H and O–H groups in total. The lowest BCUT2D eigenvalue weighted by atomic mass is 9.88. The molecule has 0 aliphatic rings. The molecule has 1 aromatic rings. The molecule has 0 aromatic carbocycles. The monoisotopic (exact) mass is 265 g/mol. The molecule has 1 heterocycles. The number of anilines is 2. The number of rotatable bonds is 4. The number of pyridine rings is 1. The van der Waals surface area contributed by atoms with Gasteiger partial charge in [0.2, 0.25) is 0 Å². The largest absolute Gasteiger partial charge is 0.462 e. The van der Waals surface area contributed by atoms with E-state index in [0.29, 0.717) is 23.7 Å². The van der Waals surface area contributed by atoms with Crippen molar-refractivity contribution in [3.05, 3.63) is 17.8 Å². The summed E-state index contributed by atoms with van der Waals surface area (Å²) in [5, 5.41) is 3.27. The fourth-order valence-electron chi connectivity index (χ4n) is 1.37. The summed E-state index contributed by atoms with van der Waals surface area (Å²) in [6.07, 6.45) is 1.48. The lowest BCUT2D eigenvalue weighted by molar-refractivity contribution is 0.0527. The normalized spacial score (nSPS) is 12.9. The smallest absolute Gasteiger partial charge is 0.340 e. The molecule has 0 saturated heterocycles. The van der Waals surface area contributed by atoms with E-state index in [9.17, 15) is 4.79 Å². The number of hydrogen-bond donors (Lipinski definition) is 2. The number of hydrogen-bond acceptors (Lipinski definition) is 5. The van der Waals surface area contributed by atoms with E-state index < -0.39 is 5.97 Å². The van der Waals surface area contributed by atoms with Gasteiger partial charge in [0.1, 0.15) is 5.82 Å². The minimum Gasteiger partial charge on any atom is -0.462 e. The average molecular weight is 265 g/mol. The highest BCUT2D eigenvalue weighted by atomic mass is 16.5. The van der Waals surface area contributed by atoms with Gasteiger partial charge >= 0.3 is 5.97 Å². The Morgan fingerprint density at radius 3 is 2.68 bits per heavy atom. The van der Waals surface area contributed by atoms with Crippen molar-refractivity contribution in [3.8, 4) is 0 Å². The van der Waals surface area contributed by atoms with Gasteiger partial charge in [-0.1, -0.05) is 20.8 Å². The van der Waals surface area contributed by atoms with E-state index in [0.717, 1.165) is 0 Å². The second-order valence-corrected chi connectivity index (χ2v) is 5.61. The topological polar surface area (TPSA) is 77.2 Å². The molecule has 1 unspecified atom stereocenters. The highest BCUT2D eigenvalue weighted by Gasteiger charge is 2.21. The Hall–Kier alpha value is -1.78. The number of nitrogens with two attached hydrogens (primary N) is 1. The van der Waals surface area contributed by atoms with Gasteiger partial charge in [-0.2, -0.15) is 0 Å². The number of nitrogens with zero attached hydrogens (tertiary/aromatic N) is 1. The first kappa shape index (κ1) is 15.3. The Morgan fingerprint density at radius 1 is 1.53 bits per heavy atom. The Morgan fingerprint density at radius 2 is 2.16 bits per heavy atom. The van der Waals surface area contributed by atoms with Gasteiger partial charge in [-0.15, -0.1) is 0 Å². The molecule has 5 nitrogen and oxygen atoms in total. The number of aromatic nitrogens is 1. The minimum atomic E-state index is -0.422. The van der Waals surface area contributed by atoms with Crippen molar-refractivity contribution in [3.63, 3.8) is 0 Å². The molecule has 5 heteroatoms. The summed E-state index contributed by atoms with van der Waals surface area (Å²) in [6.45, 7) is 10.6. The zero-order chi connectivity index (χ0) is 14.6. The Kier molecular flexibility index (Phi) is 4.75. The number of ether oxygens (including phenoxy) is 1. The van der Waals surface area contributed by atoms with Gasteiger partial charge in [0, 0.05) is 6.04 Å². The van der Waals surface area contributed by atoms with E-state index in [1.54, 1.807) is 13.0 Å². The maximum atomic E-state index is 11.7. The summed E-state index contributed by atoms with van der Waals surface area (Å²) < 4.78 is 4.96. The molecule has 1 atom stereocenters. The van der Waals surface area contributed by atoms with Gasteiger partial charge in [0.25, 0.3) is 0 Å². The van der Waals surface area contributed by atoms with Crippen LogP contribution >= 0.6 is 0 Å². The predicted octanol–water partition coefficient (Wildman–Crippen LogP) is 2.69. The van der Waals surface area contributed by atoms with Crippen LogP contribution in [0.15, 0.2) is 12.3 Å². The fraction of sp³-hybridized carbons (Fsp3) is 0.571. The van der Waals surface area contributed by atoms with Crippen LogP contribution in [0, 0.1) is 5.41 Å². The lowest BCUT2D eigenvalue weighted by Gasteiger charge is -2.28. The van der Waals surface area contributed by atoms with E-state index in [-0.39, 0.29) is 11.5 Å². The van der Waals surface area contributed by atoms with Crippen LogP contribution in [0.25, 0.3) is 0 Å². The molecule has 106 valence electrons. The zero-order valence-electron chi connectivity index (χ0n) is 12.3. The third kappa shape index (κ3) is 4.12. The SMILES string of the molecule is CCOC(=O)c1cc(NC(C)C(C)(C)C)ncc1N. The number of nitrogen functional groups attached to an aromatic ring is 1. The molecule has 1 rings (SSSR count).